The van der Waals surface area contributed by atoms with Crippen molar-refractivity contribution in [1.82, 2.24) is 0 Å². The largest absolute Gasteiger partial charge is 0.435 e. The molecule has 0 atom stereocenters. The smallest absolute Gasteiger partial charge is 0.416 e. The van der Waals surface area contributed by atoms with Crippen LogP contribution in [0.2, 0.25) is 0 Å². The first-order valence-electron chi connectivity index (χ1n) is 7.85. The molecule has 0 aliphatic rings. The Morgan fingerprint density at radius 3 is 2.36 bits per heavy atom. The molecular weight excluding hydrogens is 389 g/mol. The van der Waals surface area contributed by atoms with E-state index in [-0.39, 0.29) is 11.4 Å². The third-order valence-electron chi connectivity index (χ3n) is 3.58. The molecule has 0 spiro atoms. The molecule has 150 valence electrons. The van der Waals surface area contributed by atoms with Crippen molar-refractivity contribution in [3.8, 4) is 5.75 Å². The van der Waals surface area contributed by atoms with Gasteiger partial charge in [0.1, 0.15) is 11.4 Å². The van der Waals surface area contributed by atoms with Crippen molar-refractivity contribution in [2.75, 3.05) is 5.43 Å². The molecule has 6 nitrogen and oxygen atoms in total. The number of rotatable bonds is 7. The average molecular weight is 403 g/mol. The van der Waals surface area contributed by atoms with E-state index in [1.165, 1.54) is 24.3 Å². The summed E-state index contributed by atoms with van der Waals surface area (Å²) < 4.78 is 66.8. The second-order valence-electron chi connectivity index (χ2n) is 5.41. The fourth-order valence-corrected chi connectivity index (χ4v) is 2.26. The van der Waals surface area contributed by atoms with Crippen LogP contribution >= 0.6 is 0 Å². The number of ether oxygens (including phenoxy) is 1. The summed E-state index contributed by atoms with van der Waals surface area (Å²) in [5.74, 6) is -0.0551. The lowest BCUT2D eigenvalue weighted by atomic mass is 10.1. The minimum absolute atomic E-state index is 0.0551. The van der Waals surface area contributed by atoms with Crippen LogP contribution in [0.15, 0.2) is 47.6 Å². The topological polar surface area (TPSA) is 76.8 Å². The van der Waals surface area contributed by atoms with Crippen LogP contribution in [0, 0.1) is 10.1 Å². The first-order chi connectivity index (χ1) is 13.1. The number of nitrogens with zero attached hydrogens (tertiary/aromatic N) is 2. The summed E-state index contributed by atoms with van der Waals surface area (Å²) in [6, 6.07) is 7.55. The summed E-state index contributed by atoms with van der Waals surface area (Å²) >= 11 is 0. The Morgan fingerprint density at radius 1 is 1.21 bits per heavy atom. The number of hydrogen-bond acceptors (Lipinski definition) is 5. The molecule has 0 aliphatic heterocycles. The molecule has 2 aromatic carbocycles. The number of alkyl halides is 5. The number of nitrogens with one attached hydrogen (secondary N) is 1. The fraction of sp³-hybridized carbons (Fsp3) is 0.235. The van der Waals surface area contributed by atoms with Gasteiger partial charge in [-0.1, -0.05) is 6.92 Å². The quantitative estimate of drug-likeness (QED) is 0.289. The number of benzene rings is 2. The Bertz CT molecular complexity index is 867. The van der Waals surface area contributed by atoms with Gasteiger partial charge in [-0.05, 0) is 48.4 Å². The molecule has 2 aromatic rings. The molecule has 11 heteroatoms. The molecule has 0 heterocycles. The summed E-state index contributed by atoms with van der Waals surface area (Å²) in [7, 11) is 0. The van der Waals surface area contributed by atoms with Crippen molar-refractivity contribution in [3.63, 3.8) is 0 Å². The third kappa shape index (κ3) is 5.38. The second kappa shape index (κ2) is 8.63. The van der Waals surface area contributed by atoms with E-state index in [1.54, 1.807) is 6.92 Å². The maximum Gasteiger partial charge on any atom is 0.416 e. The molecule has 0 radical (unpaired) electrons. The van der Waals surface area contributed by atoms with Crippen molar-refractivity contribution in [2.24, 2.45) is 5.10 Å². The number of nitro groups is 1. The highest BCUT2D eigenvalue weighted by Gasteiger charge is 2.33. The SMILES string of the molecule is CC/C(=N\Nc1ccc(C(F)(F)F)cc1[N+](=O)[O-])c1ccc(OC(F)F)cc1. The number of anilines is 1. The summed E-state index contributed by atoms with van der Waals surface area (Å²) in [5.41, 5.74) is 1.16. The normalized spacial score (nSPS) is 12.2. The molecule has 0 unspecified atom stereocenters. The lowest BCUT2D eigenvalue weighted by Crippen LogP contribution is -2.08. The van der Waals surface area contributed by atoms with E-state index >= 15 is 0 Å². The van der Waals surface area contributed by atoms with E-state index in [2.05, 4.69) is 15.3 Å². The lowest BCUT2D eigenvalue weighted by Gasteiger charge is -2.10. The number of hydrazone groups is 1. The standard InChI is InChI=1S/C17H14F5N3O3/c1-2-13(10-3-6-12(7-4-10)28-16(18)19)23-24-14-8-5-11(17(20,21)22)9-15(14)25(26)27/h3-9,16,24H,2H2,1H3/b23-13+. The van der Waals surface area contributed by atoms with Gasteiger partial charge < -0.3 is 4.74 Å². The van der Waals surface area contributed by atoms with Gasteiger partial charge in [-0.15, -0.1) is 0 Å². The van der Waals surface area contributed by atoms with Crippen LogP contribution in [0.1, 0.15) is 24.5 Å². The Labute approximate surface area is 155 Å². The van der Waals surface area contributed by atoms with Gasteiger partial charge in [0.15, 0.2) is 0 Å². The number of hydrogen-bond donors (Lipinski definition) is 1. The van der Waals surface area contributed by atoms with Gasteiger partial charge in [-0.25, -0.2) is 0 Å². The number of halogens is 5. The third-order valence-corrected chi connectivity index (χ3v) is 3.58. The average Bonchev–Trinajstić information content (AvgIpc) is 2.62. The van der Waals surface area contributed by atoms with Crippen LogP contribution in [0.25, 0.3) is 0 Å². The van der Waals surface area contributed by atoms with Gasteiger partial charge in [-0.2, -0.15) is 27.1 Å². The van der Waals surface area contributed by atoms with Gasteiger partial charge in [-0.3, -0.25) is 15.5 Å². The molecule has 1 N–H and O–H groups in total. The Morgan fingerprint density at radius 2 is 1.86 bits per heavy atom. The zero-order valence-corrected chi connectivity index (χ0v) is 14.3. The minimum Gasteiger partial charge on any atom is -0.435 e. The van der Waals surface area contributed by atoms with Gasteiger partial charge in [0.25, 0.3) is 5.69 Å². The van der Waals surface area contributed by atoms with Gasteiger partial charge in [0.05, 0.1) is 16.2 Å². The van der Waals surface area contributed by atoms with Crippen molar-refractivity contribution >= 4 is 17.1 Å². The van der Waals surface area contributed by atoms with Crippen LogP contribution < -0.4 is 10.2 Å². The number of nitro benzene ring substituents is 1. The van der Waals surface area contributed by atoms with E-state index in [1.807, 2.05) is 0 Å². The van der Waals surface area contributed by atoms with Crippen molar-refractivity contribution in [3.05, 3.63) is 63.7 Å². The van der Waals surface area contributed by atoms with E-state index in [9.17, 15) is 32.1 Å². The zero-order valence-electron chi connectivity index (χ0n) is 14.3. The van der Waals surface area contributed by atoms with Crippen molar-refractivity contribution < 1.29 is 31.6 Å². The Balaban J connectivity index is 2.28. The summed E-state index contributed by atoms with van der Waals surface area (Å²) in [4.78, 5) is 10.1. The van der Waals surface area contributed by atoms with Gasteiger partial charge >= 0.3 is 12.8 Å². The highest BCUT2D eigenvalue weighted by Crippen LogP contribution is 2.35. The van der Waals surface area contributed by atoms with Crippen LogP contribution in [-0.4, -0.2) is 17.2 Å². The predicted octanol–water partition coefficient (Wildman–Crippen LogP) is 5.44. The van der Waals surface area contributed by atoms with Crippen LogP contribution in [0.3, 0.4) is 0 Å². The van der Waals surface area contributed by atoms with Gasteiger partial charge in [0, 0.05) is 6.07 Å². The van der Waals surface area contributed by atoms with Crippen LogP contribution in [0.5, 0.6) is 5.75 Å². The summed E-state index contributed by atoms with van der Waals surface area (Å²) in [5, 5.41) is 15.1. The first kappa shape index (κ1) is 21.1. The molecule has 0 aliphatic carbocycles. The summed E-state index contributed by atoms with van der Waals surface area (Å²) in [6.07, 6.45) is -4.36. The van der Waals surface area contributed by atoms with Crippen molar-refractivity contribution in [2.45, 2.75) is 26.1 Å². The lowest BCUT2D eigenvalue weighted by molar-refractivity contribution is -0.384. The zero-order chi connectivity index (χ0) is 20.9. The highest BCUT2D eigenvalue weighted by molar-refractivity contribution is 6.00. The Hall–Kier alpha value is -3.24. The molecular formula is C17H14F5N3O3. The molecule has 0 fully saturated rings. The van der Waals surface area contributed by atoms with E-state index in [0.29, 0.717) is 29.8 Å². The predicted molar refractivity (Wildman–Crippen MR) is 91.6 cm³/mol. The molecule has 0 aromatic heterocycles. The second-order valence-corrected chi connectivity index (χ2v) is 5.41. The van der Waals surface area contributed by atoms with E-state index < -0.39 is 29.0 Å². The molecule has 0 amide bonds. The van der Waals surface area contributed by atoms with Crippen molar-refractivity contribution in [1.29, 1.82) is 0 Å². The van der Waals surface area contributed by atoms with Gasteiger partial charge in [0.2, 0.25) is 0 Å². The highest BCUT2D eigenvalue weighted by atomic mass is 19.4. The molecule has 0 saturated heterocycles. The van der Waals surface area contributed by atoms with E-state index in [4.69, 9.17) is 0 Å². The molecule has 0 bridgehead atoms. The Kier molecular flexibility index (Phi) is 6.49. The maximum absolute atomic E-state index is 12.7. The summed E-state index contributed by atoms with van der Waals surface area (Å²) in [6.45, 7) is -1.24. The molecule has 2 rings (SSSR count). The fourth-order valence-electron chi connectivity index (χ4n) is 2.26. The maximum atomic E-state index is 12.7. The monoisotopic (exact) mass is 403 g/mol. The molecule has 28 heavy (non-hydrogen) atoms. The molecule has 0 saturated carbocycles. The first-order valence-corrected chi connectivity index (χ1v) is 7.85. The van der Waals surface area contributed by atoms with Crippen LogP contribution in [-0.2, 0) is 6.18 Å². The minimum atomic E-state index is -4.72. The van der Waals surface area contributed by atoms with Crippen LogP contribution in [0.4, 0.5) is 33.3 Å². The van der Waals surface area contributed by atoms with E-state index in [0.717, 1.165) is 6.07 Å².